The van der Waals surface area contributed by atoms with Crippen molar-refractivity contribution in [3.8, 4) is 0 Å². The van der Waals surface area contributed by atoms with Crippen LogP contribution in [0.5, 0.6) is 0 Å². The van der Waals surface area contributed by atoms with E-state index in [0.717, 1.165) is 16.5 Å². The fourth-order valence-corrected chi connectivity index (χ4v) is 2.62. The Labute approximate surface area is 115 Å². The van der Waals surface area contributed by atoms with Crippen molar-refractivity contribution in [2.45, 2.75) is 6.04 Å². The van der Waals surface area contributed by atoms with Gasteiger partial charge in [0, 0.05) is 36.4 Å². The first-order valence-corrected chi connectivity index (χ1v) is 6.54. The topological polar surface area (TPSA) is 66.8 Å². The van der Waals surface area contributed by atoms with Crippen LogP contribution < -0.4 is 0 Å². The van der Waals surface area contributed by atoms with Gasteiger partial charge in [0.25, 0.3) is 5.91 Å². The van der Waals surface area contributed by atoms with E-state index in [4.69, 9.17) is 0 Å². The van der Waals surface area contributed by atoms with Crippen LogP contribution in [0.25, 0.3) is 10.9 Å². The second kappa shape index (κ2) is 4.19. The number of likely N-dealkylation sites (tertiary alicyclic amines) is 1. The standard InChI is InChI=1S/C14H13N5O/c20-14(12-7-15-13-4-2-1-3-11(12)13)18-8-10(9-18)19-6-5-16-17-19/h1-7,10,15H,8-9H2. The van der Waals surface area contributed by atoms with Gasteiger partial charge in [-0.1, -0.05) is 23.4 Å². The van der Waals surface area contributed by atoms with Gasteiger partial charge < -0.3 is 9.88 Å². The van der Waals surface area contributed by atoms with Crippen LogP contribution in [-0.4, -0.2) is 43.9 Å². The molecule has 1 N–H and O–H groups in total. The van der Waals surface area contributed by atoms with Crippen molar-refractivity contribution >= 4 is 16.8 Å². The number of fused-ring (bicyclic) bond motifs is 1. The van der Waals surface area contributed by atoms with Gasteiger partial charge in [-0.2, -0.15) is 0 Å². The molecule has 0 unspecified atom stereocenters. The molecule has 1 saturated heterocycles. The second-order valence-electron chi connectivity index (χ2n) is 4.99. The predicted octanol–water partition coefficient (Wildman–Crippen LogP) is 1.46. The molecule has 0 atom stereocenters. The molecular formula is C14H13N5O. The van der Waals surface area contributed by atoms with Crippen LogP contribution in [0.3, 0.4) is 0 Å². The fourth-order valence-electron chi connectivity index (χ4n) is 2.62. The van der Waals surface area contributed by atoms with Crippen molar-refractivity contribution in [2.24, 2.45) is 0 Å². The van der Waals surface area contributed by atoms with Crippen molar-refractivity contribution < 1.29 is 4.79 Å². The summed E-state index contributed by atoms with van der Waals surface area (Å²) in [5.41, 5.74) is 1.72. The Bertz CT molecular complexity index is 755. The molecule has 0 spiro atoms. The Morgan fingerprint density at radius 3 is 2.95 bits per heavy atom. The lowest BCUT2D eigenvalue weighted by Gasteiger charge is -2.38. The molecule has 3 heterocycles. The lowest BCUT2D eigenvalue weighted by atomic mass is 10.1. The molecule has 0 bridgehead atoms. The summed E-state index contributed by atoms with van der Waals surface area (Å²) in [5, 5.41) is 8.73. The minimum atomic E-state index is 0.0683. The smallest absolute Gasteiger partial charge is 0.256 e. The van der Waals surface area contributed by atoms with Crippen molar-refractivity contribution in [3.63, 3.8) is 0 Å². The van der Waals surface area contributed by atoms with Gasteiger partial charge in [-0.15, -0.1) is 5.10 Å². The van der Waals surface area contributed by atoms with E-state index in [1.165, 1.54) is 0 Å². The second-order valence-corrected chi connectivity index (χ2v) is 4.99. The number of nitrogens with zero attached hydrogens (tertiary/aromatic N) is 4. The molecule has 6 heteroatoms. The highest BCUT2D eigenvalue weighted by Crippen LogP contribution is 2.25. The lowest BCUT2D eigenvalue weighted by molar-refractivity contribution is 0.0500. The van der Waals surface area contributed by atoms with E-state index in [0.29, 0.717) is 13.1 Å². The molecule has 0 radical (unpaired) electrons. The molecule has 0 aliphatic carbocycles. The van der Waals surface area contributed by atoms with Gasteiger partial charge in [0.05, 0.1) is 17.8 Å². The van der Waals surface area contributed by atoms with E-state index in [-0.39, 0.29) is 11.9 Å². The normalized spacial score (nSPS) is 15.5. The molecule has 1 fully saturated rings. The van der Waals surface area contributed by atoms with Gasteiger partial charge in [-0.3, -0.25) is 4.79 Å². The zero-order valence-electron chi connectivity index (χ0n) is 10.7. The first-order valence-electron chi connectivity index (χ1n) is 6.54. The van der Waals surface area contributed by atoms with Crippen molar-refractivity contribution in [1.29, 1.82) is 0 Å². The summed E-state index contributed by atoms with van der Waals surface area (Å²) < 4.78 is 1.80. The molecule has 20 heavy (non-hydrogen) atoms. The molecule has 6 nitrogen and oxygen atoms in total. The lowest BCUT2D eigenvalue weighted by Crippen LogP contribution is -2.50. The number of aromatic nitrogens is 4. The SMILES string of the molecule is O=C(c1c[nH]c2ccccc12)N1CC(n2ccnn2)C1. The Kier molecular flexibility index (Phi) is 2.35. The van der Waals surface area contributed by atoms with Crippen LogP contribution in [-0.2, 0) is 0 Å². The number of para-hydroxylation sites is 1. The Balaban J connectivity index is 1.54. The molecular weight excluding hydrogens is 254 g/mol. The molecule has 100 valence electrons. The van der Waals surface area contributed by atoms with Gasteiger partial charge in [0.15, 0.2) is 0 Å². The maximum atomic E-state index is 12.5. The van der Waals surface area contributed by atoms with Gasteiger partial charge in [-0.25, -0.2) is 4.68 Å². The van der Waals surface area contributed by atoms with Crippen LogP contribution in [0.2, 0.25) is 0 Å². The van der Waals surface area contributed by atoms with E-state index in [1.807, 2.05) is 35.4 Å². The summed E-state index contributed by atoms with van der Waals surface area (Å²) in [6.07, 6.45) is 5.28. The van der Waals surface area contributed by atoms with Crippen molar-refractivity contribution in [1.82, 2.24) is 24.9 Å². The number of carbonyl (C=O) groups excluding carboxylic acids is 1. The number of benzene rings is 1. The van der Waals surface area contributed by atoms with E-state index in [2.05, 4.69) is 15.3 Å². The summed E-state index contributed by atoms with van der Waals surface area (Å²) in [4.78, 5) is 17.4. The predicted molar refractivity (Wildman–Crippen MR) is 73.3 cm³/mol. The summed E-state index contributed by atoms with van der Waals surface area (Å²) in [6, 6.07) is 8.08. The minimum Gasteiger partial charge on any atom is -0.360 e. The third-order valence-corrected chi connectivity index (χ3v) is 3.78. The third kappa shape index (κ3) is 1.61. The zero-order valence-corrected chi connectivity index (χ0v) is 10.7. The maximum absolute atomic E-state index is 12.5. The van der Waals surface area contributed by atoms with E-state index < -0.39 is 0 Å². The van der Waals surface area contributed by atoms with E-state index >= 15 is 0 Å². The number of nitrogens with one attached hydrogen (secondary N) is 1. The first-order chi connectivity index (χ1) is 9.83. The number of hydrogen-bond donors (Lipinski definition) is 1. The molecule has 2 aromatic heterocycles. The van der Waals surface area contributed by atoms with Gasteiger partial charge in [-0.05, 0) is 6.07 Å². The average Bonchev–Trinajstić information content (AvgIpc) is 3.05. The average molecular weight is 267 g/mol. The monoisotopic (exact) mass is 267 g/mol. The minimum absolute atomic E-state index is 0.0683. The molecule has 4 rings (SSSR count). The molecule has 1 aliphatic heterocycles. The summed E-state index contributed by atoms with van der Waals surface area (Å²) >= 11 is 0. The molecule has 1 aromatic carbocycles. The van der Waals surface area contributed by atoms with Crippen molar-refractivity contribution in [3.05, 3.63) is 48.4 Å². The number of hydrogen-bond acceptors (Lipinski definition) is 3. The Morgan fingerprint density at radius 1 is 1.30 bits per heavy atom. The molecule has 1 amide bonds. The summed E-state index contributed by atoms with van der Waals surface area (Å²) in [5.74, 6) is 0.0683. The van der Waals surface area contributed by atoms with Crippen molar-refractivity contribution in [2.75, 3.05) is 13.1 Å². The van der Waals surface area contributed by atoms with Crippen LogP contribution in [0.1, 0.15) is 16.4 Å². The molecule has 3 aromatic rings. The molecule has 1 aliphatic rings. The van der Waals surface area contributed by atoms with Gasteiger partial charge in [0.2, 0.25) is 0 Å². The van der Waals surface area contributed by atoms with Crippen LogP contribution in [0, 0.1) is 0 Å². The number of amides is 1. The summed E-state index contributed by atoms with van der Waals surface area (Å²) in [7, 11) is 0. The van der Waals surface area contributed by atoms with Gasteiger partial charge in [0.1, 0.15) is 0 Å². The number of carbonyl (C=O) groups is 1. The first kappa shape index (κ1) is 11.2. The summed E-state index contributed by atoms with van der Waals surface area (Å²) in [6.45, 7) is 1.36. The molecule has 0 saturated carbocycles. The maximum Gasteiger partial charge on any atom is 0.256 e. The van der Waals surface area contributed by atoms with Crippen LogP contribution >= 0.6 is 0 Å². The highest BCUT2D eigenvalue weighted by Gasteiger charge is 2.33. The van der Waals surface area contributed by atoms with E-state index in [1.54, 1.807) is 17.1 Å². The number of H-pyrrole nitrogens is 1. The Morgan fingerprint density at radius 2 is 2.15 bits per heavy atom. The number of rotatable bonds is 2. The van der Waals surface area contributed by atoms with Crippen LogP contribution in [0.15, 0.2) is 42.9 Å². The third-order valence-electron chi connectivity index (χ3n) is 3.78. The fraction of sp³-hybridized carbons (Fsp3) is 0.214. The quantitative estimate of drug-likeness (QED) is 0.764. The largest absolute Gasteiger partial charge is 0.360 e. The van der Waals surface area contributed by atoms with Crippen LogP contribution in [0.4, 0.5) is 0 Å². The number of aromatic amines is 1. The van der Waals surface area contributed by atoms with E-state index in [9.17, 15) is 4.79 Å². The highest BCUT2D eigenvalue weighted by atomic mass is 16.2. The zero-order chi connectivity index (χ0) is 13.5. The Hall–Kier alpha value is -2.63. The highest BCUT2D eigenvalue weighted by molar-refractivity contribution is 6.06. The van der Waals surface area contributed by atoms with Gasteiger partial charge >= 0.3 is 0 Å².